The predicted molar refractivity (Wildman–Crippen MR) is 49.8 cm³/mol. The Morgan fingerprint density at radius 2 is 2.33 bits per heavy atom. The maximum absolute atomic E-state index is 11.4. The minimum Gasteiger partial charge on any atom is -0.450 e. The molecule has 15 heavy (non-hydrogen) atoms. The lowest BCUT2D eigenvalue weighted by Crippen LogP contribution is -2.33. The number of hydrogen-bond donors (Lipinski definition) is 0. The summed E-state index contributed by atoms with van der Waals surface area (Å²) in [5.41, 5.74) is 0. The summed E-state index contributed by atoms with van der Waals surface area (Å²) in [7, 11) is 0. The standard InChI is InChI=1S/C10H12O5/c1-3-5-7-8(15-10(12)14-7)9(11)13-6-4-2/h2,7-8H,3,5-6H2,1H3. The van der Waals surface area contributed by atoms with Crippen molar-refractivity contribution in [1.82, 2.24) is 0 Å². The predicted octanol–water partition coefficient (Wildman–Crippen LogP) is 0.867. The Bertz CT molecular complexity index is 291. The first kappa shape index (κ1) is 11.4. The second kappa shape index (κ2) is 5.25. The quantitative estimate of drug-likeness (QED) is 0.511. The number of carbonyl (C=O) groups excluding carboxylic acids is 2. The molecule has 1 rings (SSSR count). The highest BCUT2D eigenvalue weighted by Gasteiger charge is 2.42. The molecule has 0 N–H and O–H groups in total. The highest BCUT2D eigenvalue weighted by molar-refractivity contribution is 5.80. The van der Waals surface area contributed by atoms with Crippen molar-refractivity contribution in [3.63, 3.8) is 0 Å². The lowest BCUT2D eigenvalue weighted by atomic mass is 10.1. The Morgan fingerprint density at radius 1 is 1.60 bits per heavy atom. The molecule has 0 spiro atoms. The van der Waals surface area contributed by atoms with Crippen LogP contribution in [0.25, 0.3) is 0 Å². The van der Waals surface area contributed by atoms with Crippen molar-refractivity contribution in [1.29, 1.82) is 0 Å². The Kier molecular flexibility index (Phi) is 3.98. The van der Waals surface area contributed by atoms with Crippen LogP contribution >= 0.6 is 0 Å². The van der Waals surface area contributed by atoms with Crippen LogP contribution in [0.15, 0.2) is 0 Å². The molecule has 82 valence electrons. The summed E-state index contributed by atoms with van der Waals surface area (Å²) in [6.45, 7) is 1.78. The van der Waals surface area contributed by atoms with Crippen molar-refractivity contribution >= 4 is 12.1 Å². The van der Waals surface area contributed by atoms with E-state index < -0.39 is 24.3 Å². The molecule has 5 heteroatoms. The average molecular weight is 212 g/mol. The molecule has 1 heterocycles. The van der Waals surface area contributed by atoms with Gasteiger partial charge < -0.3 is 14.2 Å². The second-order valence-electron chi connectivity index (χ2n) is 3.05. The van der Waals surface area contributed by atoms with E-state index in [-0.39, 0.29) is 6.61 Å². The summed E-state index contributed by atoms with van der Waals surface area (Å²) in [6.07, 6.45) is 3.89. The van der Waals surface area contributed by atoms with Gasteiger partial charge in [-0.3, -0.25) is 0 Å². The molecule has 0 saturated carbocycles. The monoisotopic (exact) mass is 212 g/mol. The van der Waals surface area contributed by atoms with Gasteiger partial charge in [-0.05, 0) is 6.42 Å². The van der Waals surface area contributed by atoms with E-state index in [1.165, 1.54) is 0 Å². The molecular formula is C10H12O5. The molecule has 0 radical (unpaired) electrons. The van der Waals surface area contributed by atoms with Crippen LogP contribution in [0.5, 0.6) is 0 Å². The van der Waals surface area contributed by atoms with Crippen molar-refractivity contribution in [2.75, 3.05) is 6.61 Å². The zero-order chi connectivity index (χ0) is 11.3. The summed E-state index contributed by atoms with van der Waals surface area (Å²) in [6, 6.07) is 0. The van der Waals surface area contributed by atoms with Crippen LogP contribution in [0, 0.1) is 12.3 Å². The van der Waals surface area contributed by atoms with Crippen LogP contribution in [0.1, 0.15) is 19.8 Å². The first-order valence-electron chi connectivity index (χ1n) is 4.66. The van der Waals surface area contributed by atoms with Gasteiger partial charge >= 0.3 is 12.1 Å². The molecule has 0 aromatic carbocycles. The zero-order valence-electron chi connectivity index (χ0n) is 8.39. The number of ether oxygens (including phenoxy) is 3. The fourth-order valence-corrected chi connectivity index (χ4v) is 1.28. The van der Waals surface area contributed by atoms with E-state index in [1.807, 2.05) is 6.92 Å². The highest BCUT2D eigenvalue weighted by atomic mass is 16.8. The molecule has 0 amide bonds. The van der Waals surface area contributed by atoms with Gasteiger partial charge in [0.15, 0.2) is 12.7 Å². The second-order valence-corrected chi connectivity index (χ2v) is 3.05. The fraction of sp³-hybridized carbons (Fsp3) is 0.600. The maximum atomic E-state index is 11.4. The van der Waals surface area contributed by atoms with Gasteiger partial charge in [-0.25, -0.2) is 9.59 Å². The summed E-state index contributed by atoms with van der Waals surface area (Å²) in [5.74, 6) is 1.50. The highest BCUT2D eigenvalue weighted by Crippen LogP contribution is 2.20. The number of terminal acetylenes is 1. The molecule has 1 fully saturated rings. The molecule has 0 aliphatic carbocycles. The van der Waals surface area contributed by atoms with Gasteiger partial charge in [0.1, 0.15) is 0 Å². The molecule has 0 aromatic rings. The first-order valence-corrected chi connectivity index (χ1v) is 4.66. The Morgan fingerprint density at radius 3 is 2.93 bits per heavy atom. The van der Waals surface area contributed by atoms with Gasteiger partial charge in [0.25, 0.3) is 0 Å². The first-order chi connectivity index (χ1) is 7.19. The van der Waals surface area contributed by atoms with Gasteiger partial charge in [-0.2, -0.15) is 0 Å². The largest absolute Gasteiger partial charge is 0.509 e. The van der Waals surface area contributed by atoms with Gasteiger partial charge in [0.05, 0.1) is 0 Å². The number of hydrogen-bond acceptors (Lipinski definition) is 5. The molecule has 0 bridgehead atoms. The lowest BCUT2D eigenvalue weighted by molar-refractivity contribution is -0.152. The molecular weight excluding hydrogens is 200 g/mol. The Hall–Kier alpha value is -1.70. The topological polar surface area (TPSA) is 61.8 Å². The maximum Gasteiger partial charge on any atom is 0.509 e. The fourth-order valence-electron chi connectivity index (χ4n) is 1.28. The average Bonchev–Trinajstić information content (AvgIpc) is 2.57. The molecule has 1 aliphatic heterocycles. The van der Waals surface area contributed by atoms with Crippen LogP contribution < -0.4 is 0 Å². The van der Waals surface area contributed by atoms with Crippen LogP contribution in [-0.2, 0) is 19.0 Å². The van der Waals surface area contributed by atoms with E-state index in [9.17, 15) is 9.59 Å². The van der Waals surface area contributed by atoms with Crippen molar-refractivity contribution in [3.8, 4) is 12.3 Å². The summed E-state index contributed by atoms with van der Waals surface area (Å²) < 4.78 is 14.2. The minimum absolute atomic E-state index is 0.133. The number of rotatable bonds is 4. The third-order valence-electron chi connectivity index (χ3n) is 1.91. The van der Waals surface area contributed by atoms with E-state index >= 15 is 0 Å². The third-order valence-corrected chi connectivity index (χ3v) is 1.91. The summed E-state index contributed by atoms with van der Waals surface area (Å²) >= 11 is 0. The van der Waals surface area contributed by atoms with Crippen LogP contribution in [0.2, 0.25) is 0 Å². The Labute approximate surface area is 87.7 Å². The normalized spacial score (nSPS) is 23.9. The van der Waals surface area contributed by atoms with Crippen molar-refractivity contribution in [2.24, 2.45) is 0 Å². The molecule has 2 unspecified atom stereocenters. The van der Waals surface area contributed by atoms with E-state index in [0.717, 1.165) is 6.42 Å². The van der Waals surface area contributed by atoms with E-state index in [4.69, 9.17) is 11.2 Å². The van der Waals surface area contributed by atoms with Crippen LogP contribution in [0.4, 0.5) is 4.79 Å². The molecule has 0 aromatic heterocycles. The van der Waals surface area contributed by atoms with Crippen molar-refractivity contribution in [2.45, 2.75) is 32.0 Å². The van der Waals surface area contributed by atoms with E-state index in [1.54, 1.807) is 0 Å². The molecule has 2 atom stereocenters. The Balaban J connectivity index is 2.54. The van der Waals surface area contributed by atoms with Crippen molar-refractivity contribution < 1.29 is 23.8 Å². The van der Waals surface area contributed by atoms with Crippen molar-refractivity contribution in [3.05, 3.63) is 0 Å². The van der Waals surface area contributed by atoms with Crippen LogP contribution in [-0.4, -0.2) is 30.9 Å². The molecule has 1 aliphatic rings. The number of esters is 1. The van der Waals surface area contributed by atoms with Gasteiger partial charge in [-0.15, -0.1) is 6.42 Å². The van der Waals surface area contributed by atoms with Gasteiger partial charge in [0, 0.05) is 0 Å². The lowest BCUT2D eigenvalue weighted by Gasteiger charge is -2.12. The van der Waals surface area contributed by atoms with Crippen LogP contribution in [0.3, 0.4) is 0 Å². The SMILES string of the molecule is C#CCOC(=O)C1OC(=O)OC1CCC. The van der Waals surface area contributed by atoms with Gasteiger partial charge in [0.2, 0.25) is 6.10 Å². The third kappa shape index (κ3) is 2.88. The number of carbonyl (C=O) groups is 2. The number of cyclic esters (lactones) is 2. The van der Waals surface area contributed by atoms with E-state index in [0.29, 0.717) is 6.42 Å². The van der Waals surface area contributed by atoms with E-state index in [2.05, 4.69) is 15.4 Å². The van der Waals surface area contributed by atoms with Gasteiger partial charge in [-0.1, -0.05) is 19.3 Å². The summed E-state index contributed by atoms with van der Waals surface area (Å²) in [4.78, 5) is 22.2. The molecule has 1 saturated heterocycles. The minimum atomic E-state index is -0.981. The summed E-state index contributed by atoms with van der Waals surface area (Å²) in [5, 5.41) is 0. The zero-order valence-corrected chi connectivity index (χ0v) is 8.39. The smallest absolute Gasteiger partial charge is 0.450 e. The molecule has 5 nitrogen and oxygen atoms in total.